The molecule has 0 fully saturated rings. The van der Waals surface area contributed by atoms with E-state index in [1.165, 1.54) is 0 Å². The van der Waals surface area contributed by atoms with E-state index in [1.807, 2.05) is 67.7 Å². The van der Waals surface area contributed by atoms with Gasteiger partial charge in [-0.25, -0.2) is 0 Å². The summed E-state index contributed by atoms with van der Waals surface area (Å²) < 4.78 is 0. The molecule has 4 nitrogen and oxygen atoms in total. The Balaban J connectivity index is 1.51. The molecule has 1 heterocycles. The normalized spacial score (nSPS) is 15.3. The topological polar surface area (TPSA) is 44.4 Å². The predicted molar refractivity (Wildman–Crippen MR) is 108 cm³/mol. The number of rotatable bonds is 3. The lowest BCUT2D eigenvalue weighted by Gasteiger charge is -2.17. The van der Waals surface area contributed by atoms with E-state index >= 15 is 0 Å². The summed E-state index contributed by atoms with van der Waals surface area (Å²) in [5.74, 6) is -0.105. The Morgan fingerprint density at radius 1 is 0.962 bits per heavy atom. The van der Waals surface area contributed by atoms with E-state index in [0.717, 1.165) is 28.2 Å². The van der Waals surface area contributed by atoms with Crippen molar-refractivity contribution in [1.82, 2.24) is 0 Å². The molecule has 0 bridgehead atoms. The molecule has 1 aliphatic heterocycles. The highest BCUT2D eigenvalue weighted by molar-refractivity contribution is 6.05. The fourth-order valence-corrected chi connectivity index (χ4v) is 3.20. The van der Waals surface area contributed by atoms with E-state index in [4.69, 9.17) is 0 Å². The first-order chi connectivity index (χ1) is 12.6. The summed E-state index contributed by atoms with van der Waals surface area (Å²) in [6.45, 7) is 2.10. The van der Waals surface area contributed by atoms with E-state index in [-0.39, 0.29) is 12.1 Å². The Kier molecular flexibility index (Phi) is 4.09. The minimum atomic E-state index is -0.105. The van der Waals surface area contributed by atoms with E-state index < -0.39 is 0 Å². The van der Waals surface area contributed by atoms with Crippen LogP contribution in [0.4, 0.5) is 17.1 Å². The fraction of sp³-hybridized carbons (Fsp3) is 0.136. The minimum Gasteiger partial charge on any atom is -0.364 e. The molecular formula is C22H21N3O. The number of hydrogen-bond acceptors (Lipinski definition) is 3. The average Bonchev–Trinajstić information content (AvgIpc) is 2.96. The molecule has 3 aromatic rings. The maximum Gasteiger partial charge on any atom is 0.255 e. The van der Waals surface area contributed by atoms with Crippen molar-refractivity contribution in [2.75, 3.05) is 22.6 Å². The molecule has 0 spiro atoms. The molecule has 0 saturated heterocycles. The lowest BCUT2D eigenvalue weighted by atomic mass is 10.0. The first-order valence-electron chi connectivity index (χ1n) is 8.72. The van der Waals surface area contributed by atoms with Gasteiger partial charge in [0.2, 0.25) is 0 Å². The van der Waals surface area contributed by atoms with Crippen molar-refractivity contribution in [3.63, 3.8) is 0 Å². The van der Waals surface area contributed by atoms with Crippen molar-refractivity contribution in [3.05, 3.63) is 78.4 Å². The Morgan fingerprint density at radius 3 is 2.38 bits per heavy atom. The second-order valence-corrected chi connectivity index (χ2v) is 6.56. The molecule has 1 atom stereocenters. The van der Waals surface area contributed by atoms with Crippen LogP contribution in [0, 0.1) is 0 Å². The molecule has 2 N–H and O–H groups in total. The Morgan fingerprint density at radius 2 is 1.65 bits per heavy atom. The highest BCUT2D eigenvalue weighted by Crippen LogP contribution is 2.35. The zero-order valence-corrected chi connectivity index (χ0v) is 14.9. The van der Waals surface area contributed by atoms with Gasteiger partial charge in [0, 0.05) is 18.3 Å². The maximum atomic E-state index is 12.6. The number of nitrogens with one attached hydrogen (secondary N) is 2. The summed E-state index contributed by atoms with van der Waals surface area (Å²) >= 11 is 0. The standard InChI is InChI=1S/C22H21N3O/c1-15-23-20-13-12-19(14-21(20)25(15)2)24-22(26)18-10-8-17(9-11-18)16-6-4-3-5-7-16/h3-15,23H,1-2H3,(H,24,26). The molecule has 4 rings (SSSR count). The van der Waals surface area contributed by atoms with Crippen LogP contribution in [0.1, 0.15) is 17.3 Å². The number of fused-ring (bicyclic) bond motifs is 1. The van der Waals surface area contributed by atoms with Crippen LogP contribution >= 0.6 is 0 Å². The zero-order valence-electron chi connectivity index (χ0n) is 14.9. The van der Waals surface area contributed by atoms with Crippen LogP contribution < -0.4 is 15.5 Å². The van der Waals surface area contributed by atoms with Crippen LogP contribution in [-0.2, 0) is 0 Å². The molecular weight excluding hydrogens is 322 g/mol. The highest BCUT2D eigenvalue weighted by Gasteiger charge is 2.22. The number of benzene rings is 3. The second kappa shape index (κ2) is 6.56. The zero-order chi connectivity index (χ0) is 18.1. The van der Waals surface area contributed by atoms with Crippen molar-refractivity contribution < 1.29 is 4.79 Å². The van der Waals surface area contributed by atoms with Crippen LogP contribution in [0.2, 0.25) is 0 Å². The van der Waals surface area contributed by atoms with Gasteiger partial charge in [-0.1, -0.05) is 42.5 Å². The number of amides is 1. The smallest absolute Gasteiger partial charge is 0.255 e. The van der Waals surface area contributed by atoms with E-state index in [9.17, 15) is 4.79 Å². The Labute approximate surface area is 153 Å². The Hall–Kier alpha value is -3.27. The molecule has 4 heteroatoms. The van der Waals surface area contributed by atoms with E-state index in [1.54, 1.807) is 0 Å². The van der Waals surface area contributed by atoms with Gasteiger partial charge in [0.05, 0.1) is 17.5 Å². The van der Waals surface area contributed by atoms with Gasteiger partial charge in [0.15, 0.2) is 0 Å². The SMILES string of the molecule is CC1Nc2ccc(NC(=O)c3ccc(-c4ccccc4)cc3)cc2N1C. The lowest BCUT2D eigenvalue weighted by molar-refractivity contribution is 0.102. The number of nitrogens with zero attached hydrogens (tertiary/aromatic N) is 1. The summed E-state index contributed by atoms with van der Waals surface area (Å²) in [6.07, 6.45) is 0.251. The third-order valence-corrected chi connectivity index (χ3v) is 4.84. The summed E-state index contributed by atoms with van der Waals surface area (Å²) in [4.78, 5) is 14.7. The van der Waals surface area contributed by atoms with Crippen molar-refractivity contribution in [2.24, 2.45) is 0 Å². The molecule has 130 valence electrons. The van der Waals surface area contributed by atoms with Crippen molar-refractivity contribution >= 4 is 23.0 Å². The molecule has 1 unspecified atom stereocenters. The molecule has 3 aromatic carbocycles. The number of carbonyl (C=O) groups excluding carboxylic acids is 1. The molecule has 0 radical (unpaired) electrons. The monoisotopic (exact) mass is 343 g/mol. The molecule has 0 aliphatic carbocycles. The summed E-state index contributed by atoms with van der Waals surface area (Å²) in [6, 6.07) is 23.7. The van der Waals surface area contributed by atoms with Gasteiger partial charge in [-0.2, -0.15) is 0 Å². The molecule has 26 heavy (non-hydrogen) atoms. The van der Waals surface area contributed by atoms with Crippen LogP contribution in [0.3, 0.4) is 0 Å². The van der Waals surface area contributed by atoms with Gasteiger partial charge in [-0.15, -0.1) is 0 Å². The summed E-state index contributed by atoms with van der Waals surface area (Å²) in [7, 11) is 2.04. The number of hydrogen-bond donors (Lipinski definition) is 2. The fourth-order valence-electron chi connectivity index (χ4n) is 3.20. The summed E-state index contributed by atoms with van der Waals surface area (Å²) in [5.41, 5.74) is 5.86. The first-order valence-corrected chi connectivity index (χ1v) is 8.72. The molecule has 0 aromatic heterocycles. The van der Waals surface area contributed by atoms with Crippen molar-refractivity contribution in [2.45, 2.75) is 13.1 Å². The van der Waals surface area contributed by atoms with Gasteiger partial charge in [-0.3, -0.25) is 4.79 Å². The second-order valence-electron chi connectivity index (χ2n) is 6.56. The van der Waals surface area contributed by atoms with Gasteiger partial charge < -0.3 is 15.5 Å². The number of carbonyl (C=O) groups is 1. The third-order valence-electron chi connectivity index (χ3n) is 4.84. The molecule has 1 amide bonds. The largest absolute Gasteiger partial charge is 0.364 e. The molecule has 1 aliphatic rings. The summed E-state index contributed by atoms with van der Waals surface area (Å²) in [5, 5.41) is 6.38. The van der Waals surface area contributed by atoms with Gasteiger partial charge in [0.25, 0.3) is 5.91 Å². The third kappa shape index (κ3) is 3.02. The molecule has 0 saturated carbocycles. The van der Waals surface area contributed by atoms with E-state index in [2.05, 4.69) is 34.6 Å². The van der Waals surface area contributed by atoms with Crippen LogP contribution in [-0.4, -0.2) is 19.1 Å². The number of anilines is 3. The highest BCUT2D eigenvalue weighted by atomic mass is 16.1. The van der Waals surface area contributed by atoms with Crippen molar-refractivity contribution in [3.8, 4) is 11.1 Å². The van der Waals surface area contributed by atoms with Gasteiger partial charge >= 0.3 is 0 Å². The van der Waals surface area contributed by atoms with Gasteiger partial charge in [0.1, 0.15) is 0 Å². The first kappa shape index (κ1) is 16.2. The predicted octanol–water partition coefficient (Wildman–Crippen LogP) is 4.81. The average molecular weight is 343 g/mol. The van der Waals surface area contributed by atoms with Crippen LogP contribution in [0.25, 0.3) is 11.1 Å². The van der Waals surface area contributed by atoms with Crippen molar-refractivity contribution in [1.29, 1.82) is 0 Å². The maximum absolute atomic E-state index is 12.6. The van der Waals surface area contributed by atoms with E-state index in [0.29, 0.717) is 5.56 Å². The quantitative estimate of drug-likeness (QED) is 0.717. The minimum absolute atomic E-state index is 0.105. The lowest BCUT2D eigenvalue weighted by Crippen LogP contribution is -2.28. The van der Waals surface area contributed by atoms with Gasteiger partial charge in [-0.05, 0) is 48.4 Å². The van der Waals surface area contributed by atoms with Crippen LogP contribution in [0.5, 0.6) is 0 Å². The van der Waals surface area contributed by atoms with Crippen LogP contribution in [0.15, 0.2) is 72.8 Å². The Bertz CT molecular complexity index is 935.